The van der Waals surface area contributed by atoms with Crippen molar-refractivity contribution in [2.75, 3.05) is 12.4 Å². The van der Waals surface area contributed by atoms with Gasteiger partial charge in [-0.2, -0.15) is 5.26 Å². The van der Waals surface area contributed by atoms with Gasteiger partial charge in [0.1, 0.15) is 11.8 Å². The van der Waals surface area contributed by atoms with Crippen LogP contribution in [0.4, 0.5) is 13.9 Å². The van der Waals surface area contributed by atoms with Crippen molar-refractivity contribution in [1.29, 1.82) is 5.26 Å². The molecule has 4 aromatic heterocycles. The first-order valence-corrected chi connectivity index (χ1v) is 12.3. The zero-order chi connectivity index (χ0) is 27.7. The standard InChI is InChI=1S/C26H19F2N7O3S/c1-13-5-16(17-6-14(7-29)8-32-24(17)38-2)18(10-30-13)23(36)34-26-33-20-11-35(12-21(20)39-26)25(37)19-4-3-15(9-31-19)22(27)28/h3-6,8-10,22H,11-12H2,1-2H3,(H,33,34,36). The summed E-state index contributed by atoms with van der Waals surface area (Å²) in [7, 11) is 1.45. The summed E-state index contributed by atoms with van der Waals surface area (Å²) in [5.74, 6) is -0.611. The summed E-state index contributed by atoms with van der Waals surface area (Å²) >= 11 is 1.23. The van der Waals surface area contributed by atoms with Gasteiger partial charge in [0, 0.05) is 41.0 Å². The molecule has 0 unspecified atom stereocenters. The highest BCUT2D eigenvalue weighted by molar-refractivity contribution is 7.16. The average molecular weight is 548 g/mol. The third-order valence-electron chi connectivity index (χ3n) is 5.97. The highest BCUT2D eigenvalue weighted by Gasteiger charge is 2.29. The van der Waals surface area contributed by atoms with E-state index < -0.39 is 18.2 Å². The lowest BCUT2D eigenvalue weighted by molar-refractivity contribution is 0.0744. The SMILES string of the molecule is COc1ncc(C#N)cc1-c1cc(C)ncc1C(=O)Nc1nc2c(s1)CN(C(=O)c1ccc(C(F)F)cn1)C2. The number of hydrogen-bond acceptors (Lipinski definition) is 9. The van der Waals surface area contributed by atoms with E-state index in [0.717, 1.165) is 11.1 Å². The van der Waals surface area contributed by atoms with Gasteiger partial charge in [0.05, 0.1) is 41.9 Å². The summed E-state index contributed by atoms with van der Waals surface area (Å²) < 4.78 is 30.9. The summed E-state index contributed by atoms with van der Waals surface area (Å²) in [6.07, 6.45) is 1.15. The van der Waals surface area contributed by atoms with E-state index in [2.05, 4.69) is 25.3 Å². The molecule has 4 aromatic rings. The normalized spacial score (nSPS) is 12.3. The van der Waals surface area contributed by atoms with E-state index in [1.54, 1.807) is 19.1 Å². The van der Waals surface area contributed by atoms with Gasteiger partial charge in [-0.1, -0.05) is 11.3 Å². The number of nitriles is 1. The number of thiazole rings is 1. The van der Waals surface area contributed by atoms with Crippen molar-refractivity contribution in [3.63, 3.8) is 0 Å². The van der Waals surface area contributed by atoms with Crippen LogP contribution in [0, 0.1) is 18.3 Å². The summed E-state index contributed by atoms with van der Waals surface area (Å²) in [5, 5.41) is 12.5. The van der Waals surface area contributed by atoms with Crippen LogP contribution in [0.1, 0.15) is 54.7 Å². The Morgan fingerprint density at radius 1 is 1.13 bits per heavy atom. The first kappa shape index (κ1) is 25.8. The molecule has 39 heavy (non-hydrogen) atoms. The van der Waals surface area contributed by atoms with Crippen LogP contribution >= 0.6 is 11.3 Å². The van der Waals surface area contributed by atoms with E-state index in [9.17, 15) is 23.6 Å². The van der Waals surface area contributed by atoms with Crippen molar-refractivity contribution in [1.82, 2.24) is 24.8 Å². The molecule has 5 heterocycles. The molecule has 196 valence electrons. The van der Waals surface area contributed by atoms with E-state index in [0.29, 0.717) is 33.2 Å². The number of aryl methyl sites for hydroxylation is 1. The van der Waals surface area contributed by atoms with Crippen LogP contribution in [-0.4, -0.2) is 43.8 Å². The summed E-state index contributed by atoms with van der Waals surface area (Å²) in [5.41, 5.74) is 2.60. The molecule has 5 rings (SSSR count). The lowest BCUT2D eigenvalue weighted by Crippen LogP contribution is -2.26. The van der Waals surface area contributed by atoms with Crippen LogP contribution in [0.25, 0.3) is 11.1 Å². The maximum atomic E-state index is 13.3. The number of anilines is 1. The predicted molar refractivity (Wildman–Crippen MR) is 136 cm³/mol. The van der Waals surface area contributed by atoms with Crippen molar-refractivity contribution in [2.24, 2.45) is 0 Å². The molecule has 0 saturated heterocycles. The van der Waals surface area contributed by atoms with Gasteiger partial charge < -0.3 is 9.64 Å². The number of nitrogens with zero attached hydrogens (tertiary/aromatic N) is 6. The lowest BCUT2D eigenvalue weighted by Gasteiger charge is -2.15. The van der Waals surface area contributed by atoms with E-state index in [4.69, 9.17) is 4.74 Å². The van der Waals surface area contributed by atoms with Crippen LogP contribution in [0.15, 0.2) is 42.9 Å². The maximum absolute atomic E-state index is 13.3. The summed E-state index contributed by atoms with van der Waals surface area (Å²) in [6.45, 7) is 2.22. The molecule has 0 radical (unpaired) electrons. The first-order valence-electron chi connectivity index (χ1n) is 11.5. The number of carbonyl (C=O) groups is 2. The number of ether oxygens (including phenoxy) is 1. The van der Waals surface area contributed by atoms with Gasteiger partial charge in [0.15, 0.2) is 5.13 Å². The Morgan fingerprint density at radius 2 is 1.95 bits per heavy atom. The zero-order valence-corrected chi connectivity index (χ0v) is 21.4. The van der Waals surface area contributed by atoms with Crippen LogP contribution in [-0.2, 0) is 13.1 Å². The Bertz CT molecular complexity index is 1610. The Morgan fingerprint density at radius 3 is 2.62 bits per heavy atom. The minimum absolute atomic E-state index is 0.0628. The first-order chi connectivity index (χ1) is 18.8. The molecular weight excluding hydrogens is 528 g/mol. The van der Waals surface area contributed by atoms with Gasteiger partial charge in [-0.3, -0.25) is 24.9 Å². The van der Waals surface area contributed by atoms with Crippen molar-refractivity contribution in [2.45, 2.75) is 26.4 Å². The van der Waals surface area contributed by atoms with E-state index in [1.807, 2.05) is 6.07 Å². The molecule has 1 N–H and O–H groups in total. The number of carbonyl (C=O) groups excluding carboxylic acids is 2. The van der Waals surface area contributed by atoms with Crippen LogP contribution in [0.3, 0.4) is 0 Å². The van der Waals surface area contributed by atoms with Gasteiger partial charge in [-0.05, 0) is 31.2 Å². The summed E-state index contributed by atoms with van der Waals surface area (Å²) in [4.78, 5) is 45.1. The quantitative estimate of drug-likeness (QED) is 0.372. The number of amides is 2. The van der Waals surface area contributed by atoms with E-state index in [-0.39, 0.29) is 35.8 Å². The molecule has 0 bridgehead atoms. The smallest absolute Gasteiger partial charge is 0.273 e. The lowest BCUT2D eigenvalue weighted by atomic mass is 10.00. The molecule has 0 aliphatic carbocycles. The molecule has 2 amide bonds. The van der Waals surface area contributed by atoms with Crippen molar-refractivity contribution in [3.8, 4) is 23.1 Å². The molecular formula is C26H19F2N7O3S. The molecule has 1 aliphatic heterocycles. The van der Waals surface area contributed by atoms with Gasteiger partial charge in [0.2, 0.25) is 5.88 Å². The minimum Gasteiger partial charge on any atom is -0.481 e. The second-order valence-corrected chi connectivity index (χ2v) is 9.63. The molecule has 0 spiro atoms. The molecule has 0 saturated carbocycles. The highest BCUT2D eigenvalue weighted by Crippen LogP contribution is 2.34. The van der Waals surface area contributed by atoms with Gasteiger partial charge in [0.25, 0.3) is 18.2 Å². The number of alkyl halides is 2. The fraction of sp³-hybridized carbons (Fsp3) is 0.192. The van der Waals surface area contributed by atoms with E-state index >= 15 is 0 Å². The fourth-order valence-corrected chi connectivity index (χ4v) is 5.04. The number of nitrogens with one attached hydrogen (secondary N) is 1. The maximum Gasteiger partial charge on any atom is 0.273 e. The molecule has 10 nitrogen and oxygen atoms in total. The Kier molecular flexibility index (Phi) is 6.95. The molecule has 0 aromatic carbocycles. The molecule has 1 aliphatic rings. The Balaban J connectivity index is 1.34. The number of pyridine rings is 3. The van der Waals surface area contributed by atoms with Crippen LogP contribution in [0.2, 0.25) is 0 Å². The molecule has 0 atom stereocenters. The number of methoxy groups -OCH3 is 1. The largest absolute Gasteiger partial charge is 0.481 e. The second kappa shape index (κ2) is 10.5. The van der Waals surface area contributed by atoms with Crippen LogP contribution in [0.5, 0.6) is 5.88 Å². The number of hydrogen-bond donors (Lipinski definition) is 1. The van der Waals surface area contributed by atoms with E-state index in [1.165, 1.54) is 47.9 Å². The molecule has 0 fully saturated rings. The summed E-state index contributed by atoms with van der Waals surface area (Å²) in [6, 6.07) is 7.80. The number of halogens is 2. The fourth-order valence-electron chi connectivity index (χ4n) is 4.06. The van der Waals surface area contributed by atoms with Crippen molar-refractivity contribution >= 4 is 28.3 Å². The Hall–Kier alpha value is -4.83. The number of rotatable bonds is 6. The minimum atomic E-state index is -2.66. The number of aromatic nitrogens is 4. The Labute approximate surface area is 225 Å². The van der Waals surface area contributed by atoms with Crippen LogP contribution < -0.4 is 10.1 Å². The third kappa shape index (κ3) is 5.14. The number of fused-ring (bicyclic) bond motifs is 1. The highest BCUT2D eigenvalue weighted by atomic mass is 32.1. The van der Waals surface area contributed by atoms with Crippen molar-refractivity contribution in [3.05, 3.63) is 81.5 Å². The van der Waals surface area contributed by atoms with Gasteiger partial charge in [-0.25, -0.2) is 18.7 Å². The van der Waals surface area contributed by atoms with Gasteiger partial charge in [-0.15, -0.1) is 0 Å². The second-order valence-electron chi connectivity index (χ2n) is 8.55. The topological polar surface area (TPSA) is 134 Å². The monoisotopic (exact) mass is 547 g/mol. The molecule has 13 heteroatoms. The predicted octanol–water partition coefficient (Wildman–Crippen LogP) is 4.53. The van der Waals surface area contributed by atoms with Crippen molar-refractivity contribution < 1.29 is 23.1 Å². The zero-order valence-electron chi connectivity index (χ0n) is 20.6. The van der Waals surface area contributed by atoms with Gasteiger partial charge >= 0.3 is 0 Å². The average Bonchev–Trinajstić information content (AvgIpc) is 3.51. The third-order valence-corrected chi connectivity index (χ3v) is 6.97.